The fourth-order valence-corrected chi connectivity index (χ4v) is 1.63. The minimum atomic E-state index is 0.0214. The number of halogens is 1. The molecule has 1 amide bonds. The Labute approximate surface area is 113 Å². The average Bonchev–Trinajstić information content (AvgIpc) is 2.36. The van der Waals surface area contributed by atoms with E-state index in [-0.39, 0.29) is 11.3 Å². The van der Waals surface area contributed by atoms with E-state index in [1.807, 2.05) is 37.3 Å². The van der Waals surface area contributed by atoms with E-state index in [0.717, 1.165) is 18.6 Å². The Bertz CT molecular complexity index is 341. The number of para-hydroxylation sites is 1. The van der Waals surface area contributed by atoms with Gasteiger partial charge in [-0.15, -0.1) is 11.6 Å². The molecule has 1 rings (SSSR count). The Morgan fingerprint density at radius 3 is 2.78 bits per heavy atom. The Hall–Kier alpha value is -1.22. The van der Waals surface area contributed by atoms with Gasteiger partial charge in [0.15, 0.2) is 0 Å². The van der Waals surface area contributed by atoms with Gasteiger partial charge >= 0.3 is 0 Å². The molecule has 1 atom stereocenters. The van der Waals surface area contributed by atoms with Crippen LogP contribution in [0.5, 0.6) is 5.75 Å². The molecule has 4 heteroatoms. The van der Waals surface area contributed by atoms with Crippen molar-refractivity contribution >= 4 is 17.5 Å². The fourth-order valence-electron chi connectivity index (χ4n) is 1.48. The van der Waals surface area contributed by atoms with Crippen molar-refractivity contribution < 1.29 is 9.53 Å². The zero-order valence-electron chi connectivity index (χ0n) is 10.7. The summed E-state index contributed by atoms with van der Waals surface area (Å²) in [4.78, 5) is 11.5. The minimum Gasteiger partial charge on any atom is -0.493 e. The van der Waals surface area contributed by atoms with E-state index in [2.05, 4.69) is 5.32 Å². The molecule has 1 aromatic rings. The van der Waals surface area contributed by atoms with E-state index in [9.17, 15) is 4.79 Å². The maximum atomic E-state index is 11.5. The van der Waals surface area contributed by atoms with Gasteiger partial charge in [0, 0.05) is 11.9 Å². The summed E-state index contributed by atoms with van der Waals surface area (Å²) in [6.45, 7) is 3.04. The molecule has 18 heavy (non-hydrogen) atoms. The van der Waals surface area contributed by atoms with Crippen molar-refractivity contribution in [1.29, 1.82) is 0 Å². The van der Waals surface area contributed by atoms with E-state index >= 15 is 0 Å². The highest BCUT2D eigenvalue weighted by atomic mass is 35.5. The first-order chi connectivity index (χ1) is 8.68. The van der Waals surface area contributed by atoms with Gasteiger partial charge in [0.2, 0.25) is 5.91 Å². The standard InChI is InChI=1S/C14H20ClNO2/c1-12(15)6-5-10-16-14(17)9-11-18-13-7-3-2-4-8-13/h2-4,7-8,12H,5-6,9-11H2,1H3,(H,16,17). The second-order valence-corrected chi connectivity index (χ2v) is 4.93. The molecular weight excluding hydrogens is 250 g/mol. The van der Waals surface area contributed by atoms with Crippen LogP contribution in [0.4, 0.5) is 0 Å². The SMILES string of the molecule is CC(Cl)CCCNC(=O)CCOc1ccccc1. The molecule has 1 N–H and O–H groups in total. The fraction of sp³-hybridized carbons (Fsp3) is 0.500. The van der Waals surface area contributed by atoms with Crippen LogP contribution in [-0.2, 0) is 4.79 Å². The van der Waals surface area contributed by atoms with Crippen LogP contribution in [-0.4, -0.2) is 24.4 Å². The molecule has 100 valence electrons. The highest BCUT2D eigenvalue weighted by Gasteiger charge is 2.02. The number of hydrogen-bond donors (Lipinski definition) is 1. The second-order valence-electron chi connectivity index (χ2n) is 4.18. The van der Waals surface area contributed by atoms with Gasteiger partial charge in [0.05, 0.1) is 13.0 Å². The number of alkyl halides is 1. The van der Waals surface area contributed by atoms with Crippen LogP contribution >= 0.6 is 11.6 Å². The van der Waals surface area contributed by atoms with Crippen LogP contribution in [0.3, 0.4) is 0 Å². The molecule has 0 saturated carbocycles. The quantitative estimate of drug-likeness (QED) is 0.582. The summed E-state index contributed by atoms with van der Waals surface area (Å²) in [5.74, 6) is 0.814. The molecule has 0 bridgehead atoms. The predicted molar refractivity (Wildman–Crippen MR) is 74.1 cm³/mol. The third kappa shape index (κ3) is 7.17. The number of amides is 1. The molecule has 0 aliphatic carbocycles. The van der Waals surface area contributed by atoms with Crippen molar-refractivity contribution in [1.82, 2.24) is 5.32 Å². The summed E-state index contributed by atoms with van der Waals surface area (Å²) < 4.78 is 5.44. The average molecular weight is 270 g/mol. The molecule has 0 aliphatic heterocycles. The molecule has 0 heterocycles. The lowest BCUT2D eigenvalue weighted by Crippen LogP contribution is -2.26. The predicted octanol–water partition coefficient (Wildman–Crippen LogP) is 2.98. The van der Waals surface area contributed by atoms with E-state index < -0.39 is 0 Å². The monoisotopic (exact) mass is 269 g/mol. The van der Waals surface area contributed by atoms with Gasteiger partial charge in [-0.25, -0.2) is 0 Å². The van der Waals surface area contributed by atoms with Crippen molar-refractivity contribution in [3.05, 3.63) is 30.3 Å². The molecule has 3 nitrogen and oxygen atoms in total. The third-order valence-electron chi connectivity index (χ3n) is 2.44. The van der Waals surface area contributed by atoms with Gasteiger partial charge in [-0.1, -0.05) is 18.2 Å². The summed E-state index contributed by atoms with van der Waals surface area (Å²) in [5, 5.41) is 3.02. The van der Waals surface area contributed by atoms with Crippen molar-refractivity contribution in [3.8, 4) is 5.75 Å². The second kappa shape index (κ2) is 8.81. The topological polar surface area (TPSA) is 38.3 Å². The zero-order chi connectivity index (χ0) is 13.2. The highest BCUT2D eigenvalue weighted by molar-refractivity contribution is 6.20. The highest BCUT2D eigenvalue weighted by Crippen LogP contribution is 2.08. The normalized spacial score (nSPS) is 11.9. The smallest absolute Gasteiger partial charge is 0.223 e. The lowest BCUT2D eigenvalue weighted by molar-refractivity contribution is -0.121. The molecule has 0 radical (unpaired) electrons. The number of rotatable bonds is 8. The van der Waals surface area contributed by atoms with E-state index in [1.54, 1.807) is 0 Å². The van der Waals surface area contributed by atoms with Gasteiger partial charge in [0.1, 0.15) is 5.75 Å². The molecule has 0 aliphatic rings. The van der Waals surface area contributed by atoms with Gasteiger partial charge < -0.3 is 10.1 Å². The van der Waals surface area contributed by atoms with E-state index in [1.165, 1.54) is 0 Å². The van der Waals surface area contributed by atoms with Crippen molar-refractivity contribution in [2.45, 2.75) is 31.6 Å². The lowest BCUT2D eigenvalue weighted by Gasteiger charge is -2.07. The summed E-state index contributed by atoms with van der Waals surface area (Å²) >= 11 is 5.81. The summed E-state index contributed by atoms with van der Waals surface area (Å²) in [6, 6.07) is 9.49. The Morgan fingerprint density at radius 1 is 1.39 bits per heavy atom. The lowest BCUT2D eigenvalue weighted by atomic mass is 10.2. The number of carbonyl (C=O) groups excluding carboxylic acids is 1. The van der Waals surface area contributed by atoms with Crippen LogP contribution in [0.25, 0.3) is 0 Å². The first-order valence-electron chi connectivity index (χ1n) is 6.27. The number of hydrogen-bond acceptors (Lipinski definition) is 2. The molecule has 1 aromatic carbocycles. The first kappa shape index (κ1) is 14.8. The van der Waals surface area contributed by atoms with Crippen molar-refractivity contribution in [3.63, 3.8) is 0 Å². The van der Waals surface area contributed by atoms with Crippen LogP contribution in [0.15, 0.2) is 30.3 Å². The molecule has 1 unspecified atom stereocenters. The van der Waals surface area contributed by atoms with E-state index in [4.69, 9.17) is 16.3 Å². The molecule has 0 aromatic heterocycles. The van der Waals surface area contributed by atoms with Gasteiger partial charge in [0.25, 0.3) is 0 Å². The first-order valence-corrected chi connectivity index (χ1v) is 6.70. The Balaban J connectivity index is 2.03. The number of benzene rings is 1. The van der Waals surface area contributed by atoms with Crippen molar-refractivity contribution in [2.75, 3.05) is 13.2 Å². The van der Waals surface area contributed by atoms with Crippen LogP contribution < -0.4 is 10.1 Å². The molecule has 0 saturated heterocycles. The maximum absolute atomic E-state index is 11.5. The van der Waals surface area contributed by atoms with E-state index in [0.29, 0.717) is 19.6 Å². The maximum Gasteiger partial charge on any atom is 0.223 e. The summed E-state index contributed by atoms with van der Waals surface area (Å²) in [7, 11) is 0. The Morgan fingerprint density at radius 2 is 2.11 bits per heavy atom. The number of carbonyl (C=O) groups is 1. The number of nitrogens with one attached hydrogen (secondary N) is 1. The van der Waals surface area contributed by atoms with Crippen LogP contribution in [0, 0.1) is 0 Å². The zero-order valence-corrected chi connectivity index (χ0v) is 11.5. The van der Waals surface area contributed by atoms with Crippen LogP contribution in [0.2, 0.25) is 0 Å². The molecular formula is C14H20ClNO2. The third-order valence-corrected chi connectivity index (χ3v) is 2.66. The minimum absolute atomic E-state index is 0.0214. The molecule has 0 spiro atoms. The van der Waals surface area contributed by atoms with Gasteiger partial charge in [-0.2, -0.15) is 0 Å². The largest absolute Gasteiger partial charge is 0.493 e. The summed E-state index contributed by atoms with van der Waals surface area (Å²) in [5.41, 5.74) is 0. The number of ether oxygens (including phenoxy) is 1. The summed E-state index contributed by atoms with van der Waals surface area (Å²) in [6.07, 6.45) is 2.21. The van der Waals surface area contributed by atoms with Gasteiger partial charge in [-0.05, 0) is 31.9 Å². The van der Waals surface area contributed by atoms with Crippen LogP contribution in [0.1, 0.15) is 26.2 Å². The molecule has 0 fully saturated rings. The Kier molecular flexibility index (Phi) is 7.26. The van der Waals surface area contributed by atoms with Crippen molar-refractivity contribution in [2.24, 2.45) is 0 Å². The van der Waals surface area contributed by atoms with Gasteiger partial charge in [-0.3, -0.25) is 4.79 Å².